The van der Waals surface area contributed by atoms with Gasteiger partial charge in [-0.05, 0) is 63.4 Å². The van der Waals surface area contributed by atoms with Crippen molar-refractivity contribution >= 4 is 35.5 Å². The van der Waals surface area contributed by atoms with Gasteiger partial charge in [-0.15, -0.1) is 0 Å². The Morgan fingerprint density at radius 3 is 2.28 bits per heavy atom. The van der Waals surface area contributed by atoms with Crippen molar-refractivity contribution in [2.24, 2.45) is 0 Å². The molecule has 0 bridgehead atoms. The molecule has 1 saturated carbocycles. The topological polar surface area (TPSA) is 133 Å². The van der Waals surface area contributed by atoms with Gasteiger partial charge in [-0.1, -0.05) is 25.0 Å². The first kappa shape index (κ1) is 31.3. The van der Waals surface area contributed by atoms with Gasteiger partial charge in [-0.2, -0.15) is 4.98 Å². The van der Waals surface area contributed by atoms with Crippen molar-refractivity contribution in [3.05, 3.63) is 60.6 Å². The third kappa shape index (κ3) is 7.62. The van der Waals surface area contributed by atoms with E-state index in [2.05, 4.69) is 10.3 Å². The molecule has 1 aliphatic rings. The van der Waals surface area contributed by atoms with Crippen molar-refractivity contribution in [3.8, 4) is 5.75 Å². The molecule has 2 aromatic heterocycles. The number of aliphatic carboxylic acids is 1. The molecule has 1 atom stereocenters. The van der Waals surface area contributed by atoms with Crippen LogP contribution < -0.4 is 19.9 Å². The quantitative estimate of drug-likeness (QED) is 0.295. The molecule has 0 aliphatic heterocycles. The molecular formula is C31H41N7O5. The third-order valence-electron chi connectivity index (χ3n) is 7.81. The fourth-order valence-corrected chi connectivity index (χ4v) is 5.28. The number of hydrogen-bond donors (Lipinski definition) is 2. The van der Waals surface area contributed by atoms with Gasteiger partial charge in [0.25, 0.3) is 0 Å². The monoisotopic (exact) mass is 591 g/mol. The summed E-state index contributed by atoms with van der Waals surface area (Å²) in [7, 11) is 1.82. The van der Waals surface area contributed by atoms with Crippen molar-refractivity contribution in [2.45, 2.75) is 65.0 Å². The number of carbonyl (C=O) groups excluding carboxylic acids is 2. The van der Waals surface area contributed by atoms with Gasteiger partial charge in [0, 0.05) is 51.5 Å². The molecule has 2 N–H and O–H groups in total. The lowest BCUT2D eigenvalue weighted by Gasteiger charge is -2.32. The van der Waals surface area contributed by atoms with Crippen molar-refractivity contribution in [2.75, 3.05) is 41.8 Å². The molecule has 1 fully saturated rings. The van der Waals surface area contributed by atoms with Crippen LogP contribution in [-0.4, -0.2) is 81.4 Å². The lowest BCUT2D eigenvalue weighted by Crippen LogP contribution is -2.46. The number of urea groups is 1. The highest BCUT2D eigenvalue weighted by atomic mass is 16.6. The number of rotatable bonds is 12. The Hall–Kier alpha value is -4.61. The van der Waals surface area contributed by atoms with E-state index in [0.717, 1.165) is 25.7 Å². The van der Waals surface area contributed by atoms with Crippen LogP contribution in [0, 0.1) is 0 Å². The van der Waals surface area contributed by atoms with Crippen LogP contribution in [-0.2, 0) is 11.2 Å². The predicted molar refractivity (Wildman–Crippen MR) is 165 cm³/mol. The standard InChI is InChI=1S/C31H41N7O5/c1-5-36(6-2)29-32-21-26(38(7-3)30(41)35(4)23-12-8-9-13-23)27(34-29)33-25(28(39)40)20-22-14-16-24(17-15-22)43-31(42)37-18-10-11-19-37/h10-11,14-19,21,23,25H,5-9,12-13,20H2,1-4H3,(H,39,40)(H,32,33,34)/t25-/m0/s1. The van der Waals surface area contributed by atoms with E-state index in [9.17, 15) is 19.5 Å². The normalized spacial score (nSPS) is 13.8. The van der Waals surface area contributed by atoms with E-state index in [1.807, 2.05) is 32.7 Å². The van der Waals surface area contributed by atoms with Gasteiger partial charge >= 0.3 is 18.1 Å². The maximum Gasteiger partial charge on any atom is 0.423 e. The summed E-state index contributed by atoms with van der Waals surface area (Å²) in [5.74, 6) is -0.0132. The molecule has 1 aliphatic carbocycles. The first-order valence-electron chi connectivity index (χ1n) is 14.8. The van der Waals surface area contributed by atoms with E-state index in [1.165, 1.54) is 4.57 Å². The second-order valence-corrected chi connectivity index (χ2v) is 10.5. The maximum atomic E-state index is 13.6. The fourth-order valence-electron chi connectivity index (χ4n) is 5.28. The molecule has 2 heterocycles. The van der Waals surface area contributed by atoms with Gasteiger partial charge in [-0.3, -0.25) is 9.47 Å². The van der Waals surface area contributed by atoms with E-state index < -0.39 is 18.1 Å². The Bertz CT molecular complexity index is 1370. The van der Waals surface area contributed by atoms with Crippen molar-refractivity contribution in [1.82, 2.24) is 19.4 Å². The van der Waals surface area contributed by atoms with Crippen LogP contribution in [0.2, 0.25) is 0 Å². The number of benzene rings is 1. The van der Waals surface area contributed by atoms with Crippen molar-refractivity contribution < 1.29 is 24.2 Å². The summed E-state index contributed by atoms with van der Waals surface area (Å²) < 4.78 is 6.70. The summed E-state index contributed by atoms with van der Waals surface area (Å²) in [5.41, 5.74) is 1.14. The largest absolute Gasteiger partial charge is 0.480 e. The summed E-state index contributed by atoms with van der Waals surface area (Å²) in [6.45, 7) is 7.55. The second kappa shape index (κ2) is 14.5. The molecule has 0 saturated heterocycles. The van der Waals surface area contributed by atoms with Gasteiger partial charge in [0.1, 0.15) is 17.5 Å². The minimum atomic E-state index is -1.07. The van der Waals surface area contributed by atoms with Crippen LogP contribution in [0.3, 0.4) is 0 Å². The van der Waals surface area contributed by atoms with E-state index >= 15 is 0 Å². The zero-order valence-corrected chi connectivity index (χ0v) is 25.3. The van der Waals surface area contributed by atoms with Gasteiger partial charge in [0.2, 0.25) is 5.95 Å². The molecular weight excluding hydrogens is 550 g/mol. The second-order valence-electron chi connectivity index (χ2n) is 10.5. The highest BCUT2D eigenvalue weighted by Crippen LogP contribution is 2.30. The fraction of sp³-hybridized carbons (Fsp3) is 0.452. The minimum absolute atomic E-state index is 0.118. The predicted octanol–water partition coefficient (Wildman–Crippen LogP) is 5.10. The zero-order valence-electron chi connectivity index (χ0n) is 25.3. The zero-order chi connectivity index (χ0) is 30.9. The summed E-state index contributed by atoms with van der Waals surface area (Å²) in [5, 5.41) is 13.3. The highest BCUT2D eigenvalue weighted by molar-refractivity contribution is 5.95. The molecule has 2 amide bonds. The Kier molecular flexibility index (Phi) is 10.6. The van der Waals surface area contributed by atoms with Gasteiger partial charge in [0.05, 0.1) is 6.20 Å². The molecule has 4 rings (SSSR count). The molecule has 12 nitrogen and oxygen atoms in total. The van der Waals surface area contributed by atoms with Gasteiger partial charge in [-0.25, -0.2) is 19.4 Å². The lowest BCUT2D eigenvalue weighted by atomic mass is 10.1. The van der Waals surface area contributed by atoms with Crippen LogP contribution in [0.25, 0.3) is 0 Å². The van der Waals surface area contributed by atoms with E-state index in [1.54, 1.807) is 64.8 Å². The number of anilines is 3. The minimum Gasteiger partial charge on any atom is -0.480 e. The molecule has 43 heavy (non-hydrogen) atoms. The molecule has 3 aromatic rings. The van der Waals surface area contributed by atoms with E-state index in [0.29, 0.717) is 42.6 Å². The number of carboxylic acids is 1. The molecule has 12 heteroatoms. The molecule has 230 valence electrons. The first-order chi connectivity index (χ1) is 20.7. The number of aromatic nitrogens is 3. The summed E-state index contributed by atoms with van der Waals surface area (Å²) in [4.78, 5) is 53.0. The number of hydrogen-bond acceptors (Lipinski definition) is 8. The molecule has 0 unspecified atom stereocenters. The van der Waals surface area contributed by atoms with Gasteiger partial charge in [0.15, 0.2) is 5.82 Å². The third-order valence-corrected chi connectivity index (χ3v) is 7.81. The maximum absolute atomic E-state index is 13.6. The first-order valence-corrected chi connectivity index (χ1v) is 14.8. The van der Waals surface area contributed by atoms with Crippen LogP contribution in [0.5, 0.6) is 5.75 Å². The highest BCUT2D eigenvalue weighted by Gasteiger charge is 2.30. The Balaban J connectivity index is 1.58. The molecule has 1 aromatic carbocycles. The summed E-state index contributed by atoms with van der Waals surface area (Å²) in [6, 6.07) is 9.07. The van der Waals surface area contributed by atoms with Gasteiger partial charge < -0.3 is 25.0 Å². The molecule has 0 radical (unpaired) electrons. The number of amides is 2. The van der Waals surface area contributed by atoms with Crippen molar-refractivity contribution in [3.63, 3.8) is 0 Å². The Morgan fingerprint density at radius 2 is 1.70 bits per heavy atom. The lowest BCUT2D eigenvalue weighted by molar-refractivity contribution is -0.137. The smallest absolute Gasteiger partial charge is 0.423 e. The average Bonchev–Trinajstić information content (AvgIpc) is 3.75. The number of nitrogens with one attached hydrogen (secondary N) is 1. The Labute approximate surface area is 252 Å². The summed E-state index contributed by atoms with van der Waals surface area (Å²) >= 11 is 0. The molecule has 0 spiro atoms. The van der Waals surface area contributed by atoms with Crippen LogP contribution in [0.4, 0.5) is 27.0 Å². The van der Waals surface area contributed by atoms with Crippen LogP contribution >= 0.6 is 0 Å². The average molecular weight is 592 g/mol. The van der Waals surface area contributed by atoms with Crippen LogP contribution in [0.15, 0.2) is 55.0 Å². The summed E-state index contributed by atoms with van der Waals surface area (Å²) in [6.07, 6.45) is 8.48. The van der Waals surface area contributed by atoms with Crippen molar-refractivity contribution in [1.29, 1.82) is 0 Å². The van der Waals surface area contributed by atoms with E-state index in [4.69, 9.17) is 9.72 Å². The Morgan fingerprint density at radius 1 is 1.05 bits per heavy atom. The van der Waals surface area contributed by atoms with E-state index in [-0.39, 0.29) is 24.3 Å². The van der Waals surface area contributed by atoms with Crippen LogP contribution in [0.1, 0.15) is 52.0 Å². The number of carbonyl (C=O) groups is 3. The number of nitrogens with zero attached hydrogens (tertiary/aromatic N) is 6. The number of carboxylic acid groups (broad SMARTS) is 1. The number of ether oxygens (including phenoxy) is 1. The SMILES string of the molecule is CCN(CC)c1ncc(N(CC)C(=O)N(C)C2CCCC2)c(N[C@@H](Cc2ccc(OC(=O)n3cccc3)cc2)C(=O)O)n1.